The number of piperidine rings is 1. The molecule has 2 heterocycles. The van der Waals surface area contributed by atoms with Gasteiger partial charge in [-0.05, 0) is 60.4 Å². The van der Waals surface area contributed by atoms with Crippen molar-refractivity contribution in [3.8, 4) is 11.4 Å². The highest BCUT2D eigenvalue weighted by Gasteiger charge is 2.24. The molecule has 0 radical (unpaired) electrons. The first-order chi connectivity index (χ1) is 10.1. The molecule has 1 aliphatic heterocycles. The van der Waals surface area contributed by atoms with Crippen molar-refractivity contribution in [3.63, 3.8) is 0 Å². The zero-order valence-corrected chi connectivity index (χ0v) is 14.2. The molecule has 2 aromatic rings. The standard InChI is InChI=1S/C15H20IN5/c1-10(17)11-5-7-21(8-6-11)15-18-14(19-20-15)12-3-2-4-13(16)9-12/h2-4,9-11H,5-8,17H2,1H3,(H,18,19,20). The van der Waals surface area contributed by atoms with Crippen molar-refractivity contribution in [2.24, 2.45) is 11.7 Å². The third-order valence-corrected chi connectivity index (χ3v) is 4.81. The summed E-state index contributed by atoms with van der Waals surface area (Å²) in [6, 6.07) is 8.54. The van der Waals surface area contributed by atoms with Gasteiger partial charge >= 0.3 is 0 Å². The lowest BCUT2D eigenvalue weighted by atomic mass is 9.91. The number of hydrogen-bond acceptors (Lipinski definition) is 4. The van der Waals surface area contributed by atoms with Crippen LogP contribution in [0.2, 0.25) is 0 Å². The number of halogens is 1. The van der Waals surface area contributed by atoms with Crippen LogP contribution in [0.15, 0.2) is 24.3 Å². The molecule has 1 aromatic heterocycles. The number of nitrogens with zero attached hydrogens (tertiary/aromatic N) is 3. The summed E-state index contributed by atoms with van der Waals surface area (Å²) in [6.07, 6.45) is 2.23. The van der Waals surface area contributed by atoms with E-state index in [-0.39, 0.29) is 6.04 Å². The fraction of sp³-hybridized carbons (Fsp3) is 0.467. The maximum absolute atomic E-state index is 5.99. The molecule has 112 valence electrons. The molecule has 0 spiro atoms. The lowest BCUT2D eigenvalue weighted by molar-refractivity contribution is 0.352. The van der Waals surface area contributed by atoms with Gasteiger partial charge in [0.05, 0.1) is 0 Å². The van der Waals surface area contributed by atoms with Crippen molar-refractivity contribution in [2.45, 2.75) is 25.8 Å². The molecule has 21 heavy (non-hydrogen) atoms. The molecule has 5 nitrogen and oxygen atoms in total. The maximum atomic E-state index is 5.99. The first-order valence-corrected chi connectivity index (χ1v) is 8.40. The number of aromatic nitrogens is 3. The minimum Gasteiger partial charge on any atom is -0.340 e. The summed E-state index contributed by atoms with van der Waals surface area (Å²) in [4.78, 5) is 6.88. The zero-order valence-electron chi connectivity index (χ0n) is 12.1. The van der Waals surface area contributed by atoms with Crippen LogP contribution in [0.25, 0.3) is 11.4 Å². The van der Waals surface area contributed by atoms with Gasteiger partial charge in [-0.2, -0.15) is 4.98 Å². The van der Waals surface area contributed by atoms with E-state index in [1.54, 1.807) is 0 Å². The summed E-state index contributed by atoms with van der Waals surface area (Å²) in [5.41, 5.74) is 7.06. The maximum Gasteiger partial charge on any atom is 0.245 e. The Morgan fingerprint density at radius 2 is 2.14 bits per heavy atom. The summed E-state index contributed by atoms with van der Waals surface area (Å²) >= 11 is 2.31. The molecule has 1 aliphatic rings. The molecule has 1 saturated heterocycles. The predicted octanol–water partition coefficient (Wildman–Crippen LogP) is 2.64. The van der Waals surface area contributed by atoms with Crippen LogP contribution in [-0.2, 0) is 0 Å². The van der Waals surface area contributed by atoms with E-state index in [2.05, 4.69) is 67.8 Å². The Hall–Kier alpha value is -1.15. The molecule has 1 fully saturated rings. The Morgan fingerprint density at radius 3 is 2.81 bits per heavy atom. The van der Waals surface area contributed by atoms with E-state index in [0.717, 1.165) is 43.3 Å². The monoisotopic (exact) mass is 397 g/mol. The van der Waals surface area contributed by atoms with Crippen LogP contribution >= 0.6 is 22.6 Å². The second-order valence-corrected chi connectivity index (χ2v) is 6.92. The van der Waals surface area contributed by atoms with Gasteiger partial charge in [0.2, 0.25) is 5.95 Å². The summed E-state index contributed by atoms with van der Waals surface area (Å²) in [7, 11) is 0. The summed E-state index contributed by atoms with van der Waals surface area (Å²) in [6.45, 7) is 4.06. The predicted molar refractivity (Wildman–Crippen MR) is 93.1 cm³/mol. The van der Waals surface area contributed by atoms with Gasteiger partial charge in [0.1, 0.15) is 0 Å². The van der Waals surface area contributed by atoms with E-state index in [1.807, 2.05) is 6.07 Å². The highest BCUT2D eigenvalue weighted by Crippen LogP contribution is 2.24. The van der Waals surface area contributed by atoms with Crippen molar-refractivity contribution in [1.82, 2.24) is 15.2 Å². The van der Waals surface area contributed by atoms with Crippen LogP contribution in [0, 0.1) is 9.49 Å². The van der Waals surface area contributed by atoms with Crippen molar-refractivity contribution in [3.05, 3.63) is 27.8 Å². The molecule has 3 N–H and O–H groups in total. The quantitative estimate of drug-likeness (QED) is 0.782. The molecule has 6 heteroatoms. The van der Waals surface area contributed by atoms with Crippen molar-refractivity contribution < 1.29 is 0 Å². The Kier molecular flexibility index (Phi) is 4.44. The molecule has 1 unspecified atom stereocenters. The number of rotatable bonds is 3. The number of H-pyrrole nitrogens is 1. The van der Waals surface area contributed by atoms with E-state index in [9.17, 15) is 0 Å². The molecule has 3 rings (SSSR count). The first kappa shape index (κ1) is 14.8. The topological polar surface area (TPSA) is 70.8 Å². The number of anilines is 1. The van der Waals surface area contributed by atoms with Gasteiger partial charge in [-0.3, -0.25) is 5.10 Å². The molecule has 1 aromatic carbocycles. The normalized spacial score (nSPS) is 18.0. The third-order valence-electron chi connectivity index (χ3n) is 4.14. The first-order valence-electron chi connectivity index (χ1n) is 7.32. The van der Waals surface area contributed by atoms with Gasteiger partial charge in [-0.1, -0.05) is 12.1 Å². The summed E-state index contributed by atoms with van der Waals surface area (Å²) in [5, 5.41) is 7.42. The summed E-state index contributed by atoms with van der Waals surface area (Å²) < 4.78 is 1.20. The number of nitrogens with two attached hydrogens (primary N) is 1. The second-order valence-electron chi connectivity index (χ2n) is 5.68. The van der Waals surface area contributed by atoms with E-state index < -0.39 is 0 Å². The number of aromatic amines is 1. The highest BCUT2D eigenvalue weighted by molar-refractivity contribution is 14.1. The van der Waals surface area contributed by atoms with E-state index in [1.165, 1.54) is 3.57 Å². The minimum atomic E-state index is 0.279. The number of benzene rings is 1. The lowest BCUT2D eigenvalue weighted by Crippen LogP contribution is -2.40. The van der Waals surface area contributed by atoms with E-state index in [4.69, 9.17) is 5.73 Å². The molecular weight excluding hydrogens is 377 g/mol. The van der Waals surface area contributed by atoms with Gasteiger partial charge in [0, 0.05) is 28.3 Å². The lowest BCUT2D eigenvalue weighted by Gasteiger charge is -2.32. The largest absolute Gasteiger partial charge is 0.340 e. The van der Waals surface area contributed by atoms with Gasteiger partial charge < -0.3 is 10.6 Å². The number of hydrogen-bond donors (Lipinski definition) is 2. The van der Waals surface area contributed by atoms with Crippen LogP contribution in [0.5, 0.6) is 0 Å². The summed E-state index contributed by atoms with van der Waals surface area (Å²) in [5.74, 6) is 2.25. The molecule has 0 bridgehead atoms. The molecule has 0 saturated carbocycles. The zero-order chi connectivity index (χ0) is 14.8. The Morgan fingerprint density at radius 1 is 1.38 bits per heavy atom. The third kappa shape index (κ3) is 3.37. The van der Waals surface area contributed by atoms with Gasteiger partial charge in [-0.15, -0.1) is 5.10 Å². The van der Waals surface area contributed by atoms with Crippen LogP contribution in [0.4, 0.5) is 5.95 Å². The van der Waals surface area contributed by atoms with Crippen LogP contribution < -0.4 is 10.6 Å². The fourth-order valence-corrected chi connectivity index (χ4v) is 3.33. The molecule has 0 amide bonds. The Labute approximate surface area is 138 Å². The Bertz CT molecular complexity index is 602. The van der Waals surface area contributed by atoms with E-state index >= 15 is 0 Å². The average Bonchev–Trinajstić information content (AvgIpc) is 2.97. The number of nitrogens with one attached hydrogen (secondary N) is 1. The minimum absolute atomic E-state index is 0.279. The van der Waals surface area contributed by atoms with Crippen LogP contribution in [-0.4, -0.2) is 34.3 Å². The second kappa shape index (κ2) is 6.31. The SMILES string of the molecule is CC(N)C1CCN(c2n[nH]c(-c3cccc(I)c3)n2)CC1. The molecule has 1 atom stereocenters. The van der Waals surface area contributed by atoms with Gasteiger partial charge in [0.15, 0.2) is 5.82 Å². The van der Waals surface area contributed by atoms with Gasteiger partial charge in [-0.25, -0.2) is 0 Å². The van der Waals surface area contributed by atoms with Crippen molar-refractivity contribution in [1.29, 1.82) is 0 Å². The van der Waals surface area contributed by atoms with E-state index in [0.29, 0.717) is 5.92 Å². The van der Waals surface area contributed by atoms with Crippen molar-refractivity contribution in [2.75, 3.05) is 18.0 Å². The van der Waals surface area contributed by atoms with Gasteiger partial charge in [0.25, 0.3) is 0 Å². The smallest absolute Gasteiger partial charge is 0.245 e. The molecule has 0 aliphatic carbocycles. The Balaban J connectivity index is 1.71. The van der Waals surface area contributed by atoms with Crippen LogP contribution in [0.1, 0.15) is 19.8 Å². The van der Waals surface area contributed by atoms with Crippen molar-refractivity contribution >= 4 is 28.5 Å². The highest BCUT2D eigenvalue weighted by atomic mass is 127. The van der Waals surface area contributed by atoms with Crippen LogP contribution in [0.3, 0.4) is 0 Å². The molecular formula is C15H20IN5. The average molecular weight is 397 g/mol. The fourth-order valence-electron chi connectivity index (χ4n) is 2.78.